The van der Waals surface area contributed by atoms with E-state index in [2.05, 4.69) is 44.0 Å². The first-order chi connectivity index (χ1) is 16.7. The van der Waals surface area contributed by atoms with E-state index in [0.717, 1.165) is 69.4 Å². The zero-order valence-corrected chi connectivity index (χ0v) is 20.1. The van der Waals surface area contributed by atoms with E-state index in [1.54, 1.807) is 6.92 Å². The second-order valence-corrected chi connectivity index (χ2v) is 9.66. The Bertz CT molecular complexity index is 1120. The van der Waals surface area contributed by atoms with Gasteiger partial charge in [0.15, 0.2) is 0 Å². The molecular formula is C27H34N6O. The molecule has 0 radical (unpaired) electrons. The number of fused-ring (bicyclic) bond motifs is 1. The van der Waals surface area contributed by atoms with Crippen LogP contribution in [0.25, 0.3) is 10.9 Å². The predicted octanol–water partition coefficient (Wildman–Crippen LogP) is 3.54. The zero-order valence-electron chi connectivity index (χ0n) is 20.1. The second-order valence-electron chi connectivity index (χ2n) is 9.66. The minimum absolute atomic E-state index is 0.150. The molecule has 2 aromatic heterocycles. The topological polar surface area (TPSA) is 65.5 Å². The van der Waals surface area contributed by atoms with Crippen LogP contribution in [0.5, 0.6) is 0 Å². The van der Waals surface area contributed by atoms with Gasteiger partial charge < -0.3 is 9.80 Å². The van der Waals surface area contributed by atoms with Gasteiger partial charge in [-0.3, -0.25) is 14.7 Å². The molecule has 4 heterocycles. The number of nitrogens with zero attached hydrogens (tertiary/aromatic N) is 6. The predicted molar refractivity (Wildman–Crippen MR) is 135 cm³/mol. The molecule has 0 saturated carbocycles. The molecule has 3 aromatic rings. The minimum Gasteiger partial charge on any atom is -0.341 e. The average Bonchev–Trinajstić information content (AvgIpc) is 3.07. The highest BCUT2D eigenvalue weighted by atomic mass is 16.2. The van der Waals surface area contributed by atoms with Crippen molar-refractivity contribution in [1.82, 2.24) is 24.8 Å². The number of hydrogen-bond acceptors (Lipinski definition) is 6. The van der Waals surface area contributed by atoms with Crippen molar-refractivity contribution in [2.45, 2.75) is 39.2 Å². The second kappa shape index (κ2) is 10.5. The van der Waals surface area contributed by atoms with Gasteiger partial charge in [0.2, 0.25) is 11.9 Å². The lowest BCUT2D eigenvalue weighted by Gasteiger charge is -2.27. The van der Waals surface area contributed by atoms with Crippen LogP contribution < -0.4 is 4.90 Å². The Labute approximate surface area is 201 Å². The molecule has 1 atom stereocenters. The summed E-state index contributed by atoms with van der Waals surface area (Å²) in [5.41, 5.74) is 3.37. The standard InChI is InChI=1S/C27H34N6O/c1-21(34)33-16-15-31(20-25-10-12-29-27(30-25)32-13-3-2-4-14-32)18-22(19-33)17-24-8-5-7-23-9-6-11-28-26(23)24/h5-12,22H,2-4,13-20H2,1H3/t22-/m1/s1. The van der Waals surface area contributed by atoms with Crippen LogP contribution in [-0.4, -0.2) is 69.9 Å². The molecule has 1 aromatic carbocycles. The summed E-state index contributed by atoms with van der Waals surface area (Å²) in [6, 6.07) is 12.5. The van der Waals surface area contributed by atoms with Gasteiger partial charge in [0.05, 0.1) is 11.2 Å². The summed E-state index contributed by atoms with van der Waals surface area (Å²) in [5.74, 6) is 1.34. The molecule has 178 valence electrons. The number of para-hydroxylation sites is 1. The maximum absolute atomic E-state index is 12.3. The fraction of sp³-hybridized carbons (Fsp3) is 0.481. The third-order valence-corrected chi connectivity index (χ3v) is 7.08. The highest BCUT2D eigenvalue weighted by Gasteiger charge is 2.25. The Balaban J connectivity index is 1.33. The molecule has 5 rings (SSSR count). The summed E-state index contributed by atoms with van der Waals surface area (Å²) < 4.78 is 0. The van der Waals surface area contributed by atoms with Crippen molar-refractivity contribution in [1.29, 1.82) is 0 Å². The van der Waals surface area contributed by atoms with E-state index in [-0.39, 0.29) is 5.91 Å². The fourth-order valence-electron chi connectivity index (χ4n) is 5.33. The summed E-state index contributed by atoms with van der Waals surface area (Å²) in [4.78, 5) is 33.2. The minimum atomic E-state index is 0.150. The molecule has 1 amide bonds. The van der Waals surface area contributed by atoms with Crippen molar-refractivity contribution in [3.8, 4) is 0 Å². The number of anilines is 1. The smallest absolute Gasteiger partial charge is 0.225 e. The number of benzene rings is 1. The zero-order chi connectivity index (χ0) is 23.3. The molecule has 0 aliphatic carbocycles. The largest absolute Gasteiger partial charge is 0.341 e. The van der Waals surface area contributed by atoms with E-state index in [0.29, 0.717) is 5.92 Å². The molecule has 2 saturated heterocycles. The first-order valence-electron chi connectivity index (χ1n) is 12.5. The van der Waals surface area contributed by atoms with Crippen molar-refractivity contribution in [2.24, 2.45) is 5.92 Å². The third-order valence-electron chi connectivity index (χ3n) is 7.08. The van der Waals surface area contributed by atoms with E-state index < -0.39 is 0 Å². The first kappa shape index (κ1) is 22.7. The Morgan fingerprint density at radius 2 is 1.79 bits per heavy atom. The summed E-state index contributed by atoms with van der Waals surface area (Å²) in [5, 5.41) is 1.17. The molecule has 2 fully saturated rings. The van der Waals surface area contributed by atoms with E-state index in [9.17, 15) is 4.79 Å². The molecule has 0 N–H and O–H groups in total. The molecule has 0 bridgehead atoms. The van der Waals surface area contributed by atoms with E-state index in [1.807, 2.05) is 29.4 Å². The summed E-state index contributed by atoms with van der Waals surface area (Å²) in [6.07, 6.45) is 8.38. The monoisotopic (exact) mass is 458 g/mol. The Morgan fingerprint density at radius 1 is 0.941 bits per heavy atom. The lowest BCUT2D eigenvalue weighted by Crippen LogP contribution is -2.34. The van der Waals surface area contributed by atoms with Crippen molar-refractivity contribution in [2.75, 3.05) is 44.2 Å². The third kappa shape index (κ3) is 5.36. The van der Waals surface area contributed by atoms with E-state index >= 15 is 0 Å². The van der Waals surface area contributed by atoms with Gasteiger partial charge in [-0.15, -0.1) is 0 Å². The quantitative estimate of drug-likeness (QED) is 0.583. The van der Waals surface area contributed by atoms with Gasteiger partial charge in [0.1, 0.15) is 0 Å². The van der Waals surface area contributed by atoms with Gasteiger partial charge in [-0.05, 0) is 49.3 Å². The van der Waals surface area contributed by atoms with Crippen LogP contribution in [0.4, 0.5) is 5.95 Å². The molecule has 0 unspecified atom stereocenters. The van der Waals surface area contributed by atoms with Gasteiger partial charge in [0, 0.05) is 70.5 Å². The van der Waals surface area contributed by atoms with Crippen molar-refractivity contribution in [3.63, 3.8) is 0 Å². The van der Waals surface area contributed by atoms with Gasteiger partial charge in [-0.25, -0.2) is 9.97 Å². The molecule has 7 nitrogen and oxygen atoms in total. The van der Waals surface area contributed by atoms with Gasteiger partial charge in [-0.1, -0.05) is 24.3 Å². The number of hydrogen-bond donors (Lipinski definition) is 0. The number of aromatic nitrogens is 3. The van der Waals surface area contributed by atoms with Crippen LogP contribution in [0, 0.1) is 5.92 Å². The average molecular weight is 459 g/mol. The maximum atomic E-state index is 12.3. The molecule has 34 heavy (non-hydrogen) atoms. The van der Waals surface area contributed by atoms with Crippen LogP contribution in [0.2, 0.25) is 0 Å². The van der Waals surface area contributed by atoms with Crippen LogP contribution in [-0.2, 0) is 17.8 Å². The van der Waals surface area contributed by atoms with E-state index in [1.165, 1.54) is 30.2 Å². The van der Waals surface area contributed by atoms with E-state index in [4.69, 9.17) is 4.98 Å². The summed E-state index contributed by atoms with van der Waals surface area (Å²) in [7, 11) is 0. The van der Waals surface area contributed by atoms with Crippen molar-refractivity contribution in [3.05, 3.63) is 60.0 Å². The van der Waals surface area contributed by atoms with Crippen LogP contribution in [0.1, 0.15) is 37.4 Å². The van der Waals surface area contributed by atoms with Crippen LogP contribution in [0.15, 0.2) is 48.8 Å². The number of carbonyl (C=O) groups is 1. The SMILES string of the molecule is CC(=O)N1CCN(Cc2ccnc(N3CCCCC3)n2)C[C@@H](Cc2cccc3cccnc23)C1. The first-order valence-corrected chi connectivity index (χ1v) is 12.5. The number of rotatable bonds is 5. The fourth-order valence-corrected chi connectivity index (χ4v) is 5.33. The molecule has 2 aliphatic rings. The molecule has 2 aliphatic heterocycles. The number of carbonyl (C=O) groups excluding carboxylic acids is 1. The normalized spacial score (nSPS) is 19.9. The Morgan fingerprint density at radius 3 is 2.65 bits per heavy atom. The van der Waals surface area contributed by atoms with Gasteiger partial charge in [0.25, 0.3) is 0 Å². The molecular weight excluding hydrogens is 424 g/mol. The Kier molecular flexibility index (Phi) is 7.00. The summed E-state index contributed by atoms with van der Waals surface area (Å²) in [6.45, 7) is 7.86. The number of pyridine rings is 1. The lowest BCUT2D eigenvalue weighted by molar-refractivity contribution is -0.129. The van der Waals surface area contributed by atoms with Gasteiger partial charge >= 0.3 is 0 Å². The van der Waals surface area contributed by atoms with Crippen molar-refractivity contribution < 1.29 is 4.79 Å². The van der Waals surface area contributed by atoms with Crippen LogP contribution in [0.3, 0.4) is 0 Å². The molecule has 7 heteroatoms. The summed E-state index contributed by atoms with van der Waals surface area (Å²) >= 11 is 0. The number of piperidine rings is 1. The van der Waals surface area contributed by atoms with Gasteiger partial charge in [-0.2, -0.15) is 0 Å². The highest BCUT2D eigenvalue weighted by molar-refractivity contribution is 5.81. The number of amides is 1. The maximum Gasteiger partial charge on any atom is 0.225 e. The lowest BCUT2D eigenvalue weighted by atomic mass is 9.96. The van der Waals surface area contributed by atoms with Crippen LogP contribution >= 0.6 is 0 Å². The Hall–Kier alpha value is -3.06. The van der Waals surface area contributed by atoms with Crippen molar-refractivity contribution >= 4 is 22.8 Å². The molecule has 0 spiro atoms. The highest BCUT2D eigenvalue weighted by Crippen LogP contribution is 2.23.